The van der Waals surface area contributed by atoms with Crippen LogP contribution in [0.3, 0.4) is 0 Å². The lowest BCUT2D eigenvalue weighted by Crippen LogP contribution is -1.99. The number of fused-ring (bicyclic) bond motifs is 1. The van der Waals surface area contributed by atoms with Crippen molar-refractivity contribution in [2.24, 2.45) is 0 Å². The van der Waals surface area contributed by atoms with Crippen LogP contribution in [0.1, 0.15) is 15.9 Å². The molecule has 0 unspecified atom stereocenters. The van der Waals surface area contributed by atoms with Crippen molar-refractivity contribution in [2.45, 2.75) is 6.54 Å². The van der Waals surface area contributed by atoms with E-state index in [1.165, 1.54) is 0 Å². The zero-order chi connectivity index (χ0) is 12.5. The number of imidazole rings is 1. The monoisotopic (exact) mass is 242 g/mol. The van der Waals surface area contributed by atoms with Crippen LogP contribution in [0, 0.1) is 0 Å². The SMILES string of the molecule is O=C(O)c1cccc2c1ncn2Cc1ccoc1. The summed E-state index contributed by atoms with van der Waals surface area (Å²) in [4.78, 5) is 15.2. The zero-order valence-corrected chi connectivity index (χ0v) is 9.41. The number of carboxylic acids is 1. The van der Waals surface area contributed by atoms with Crippen molar-refractivity contribution < 1.29 is 14.3 Å². The van der Waals surface area contributed by atoms with Crippen LogP contribution >= 0.6 is 0 Å². The minimum absolute atomic E-state index is 0.221. The molecule has 1 N–H and O–H groups in total. The molecule has 0 atom stereocenters. The smallest absolute Gasteiger partial charge is 0.337 e. The molecule has 3 aromatic rings. The van der Waals surface area contributed by atoms with E-state index in [1.807, 2.05) is 16.7 Å². The fraction of sp³-hybridized carbons (Fsp3) is 0.0769. The van der Waals surface area contributed by atoms with Gasteiger partial charge >= 0.3 is 5.97 Å². The Kier molecular flexibility index (Phi) is 2.37. The number of rotatable bonds is 3. The van der Waals surface area contributed by atoms with Crippen LogP contribution in [0.2, 0.25) is 0 Å². The van der Waals surface area contributed by atoms with E-state index in [0.717, 1.165) is 11.1 Å². The summed E-state index contributed by atoms with van der Waals surface area (Å²) in [7, 11) is 0. The van der Waals surface area contributed by atoms with Crippen molar-refractivity contribution in [1.29, 1.82) is 0 Å². The Balaban J connectivity index is 2.09. The molecule has 0 saturated carbocycles. The summed E-state index contributed by atoms with van der Waals surface area (Å²) in [5.41, 5.74) is 2.54. The second kappa shape index (κ2) is 4.03. The third kappa shape index (κ3) is 1.66. The molecule has 0 aliphatic rings. The first kappa shape index (κ1) is 10.6. The largest absolute Gasteiger partial charge is 0.478 e. The Morgan fingerprint density at radius 1 is 1.39 bits per heavy atom. The lowest BCUT2D eigenvalue weighted by Gasteiger charge is -2.02. The molecule has 3 rings (SSSR count). The van der Waals surface area contributed by atoms with E-state index < -0.39 is 5.97 Å². The molecule has 0 bridgehead atoms. The Morgan fingerprint density at radius 3 is 3.00 bits per heavy atom. The van der Waals surface area contributed by atoms with E-state index in [1.54, 1.807) is 31.0 Å². The molecule has 0 aliphatic carbocycles. The quantitative estimate of drug-likeness (QED) is 0.765. The van der Waals surface area contributed by atoms with Crippen molar-refractivity contribution in [1.82, 2.24) is 9.55 Å². The van der Waals surface area contributed by atoms with Crippen molar-refractivity contribution >= 4 is 17.0 Å². The molecule has 2 aromatic heterocycles. The molecule has 90 valence electrons. The van der Waals surface area contributed by atoms with Crippen LogP contribution < -0.4 is 0 Å². The van der Waals surface area contributed by atoms with Crippen molar-refractivity contribution in [2.75, 3.05) is 0 Å². The molecule has 0 saturated heterocycles. The Labute approximate surface area is 102 Å². The van der Waals surface area contributed by atoms with Crippen LogP contribution in [-0.2, 0) is 6.54 Å². The number of aromatic nitrogens is 2. The normalized spacial score (nSPS) is 10.9. The molecular weight excluding hydrogens is 232 g/mol. The highest BCUT2D eigenvalue weighted by molar-refractivity contribution is 6.00. The van der Waals surface area contributed by atoms with E-state index in [-0.39, 0.29) is 5.56 Å². The zero-order valence-electron chi connectivity index (χ0n) is 9.41. The first-order valence-corrected chi connectivity index (χ1v) is 5.44. The van der Waals surface area contributed by atoms with E-state index in [4.69, 9.17) is 9.52 Å². The molecule has 18 heavy (non-hydrogen) atoms. The Bertz CT molecular complexity index is 698. The van der Waals surface area contributed by atoms with Crippen molar-refractivity contribution in [3.8, 4) is 0 Å². The molecule has 0 radical (unpaired) electrons. The summed E-state index contributed by atoms with van der Waals surface area (Å²) in [6.45, 7) is 0.607. The van der Waals surface area contributed by atoms with Gasteiger partial charge in [-0.3, -0.25) is 0 Å². The molecule has 5 heteroatoms. The molecule has 5 nitrogen and oxygen atoms in total. The number of hydrogen-bond acceptors (Lipinski definition) is 3. The third-order valence-electron chi connectivity index (χ3n) is 2.81. The summed E-state index contributed by atoms with van der Waals surface area (Å²) in [5, 5.41) is 9.08. The molecule has 0 fully saturated rings. The fourth-order valence-corrected chi connectivity index (χ4v) is 1.97. The Hall–Kier alpha value is -2.56. The predicted molar refractivity (Wildman–Crippen MR) is 64.5 cm³/mol. The van der Waals surface area contributed by atoms with E-state index in [2.05, 4.69) is 4.98 Å². The first-order chi connectivity index (χ1) is 8.75. The second-order valence-electron chi connectivity index (χ2n) is 3.98. The highest BCUT2D eigenvalue weighted by Crippen LogP contribution is 2.18. The van der Waals surface area contributed by atoms with Gasteiger partial charge in [-0.05, 0) is 18.2 Å². The van der Waals surface area contributed by atoms with Crippen LogP contribution in [0.25, 0.3) is 11.0 Å². The molecule has 0 aliphatic heterocycles. The number of carbonyl (C=O) groups is 1. The lowest BCUT2D eigenvalue weighted by atomic mass is 10.2. The summed E-state index contributed by atoms with van der Waals surface area (Å²) < 4.78 is 6.90. The third-order valence-corrected chi connectivity index (χ3v) is 2.81. The van der Waals surface area contributed by atoms with Gasteiger partial charge in [0.05, 0.1) is 36.5 Å². The van der Waals surface area contributed by atoms with Crippen LogP contribution in [-0.4, -0.2) is 20.6 Å². The van der Waals surface area contributed by atoms with Gasteiger partial charge in [-0.2, -0.15) is 0 Å². The summed E-state index contributed by atoms with van der Waals surface area (Å²) in [5.74, 6) is -0.964. The van der Waals surface area contributed by atoms with Gasteiger partial charge in [0.15, 0.2) is 0 Å². The predicted octanol–water partition coefficient (Wildman–Crippen LogP) is 2.38. The number of hydrogen-bond donors (Lipinski definition) is 1. The molecule has 0 amide bonds. The average Bonchev–Trinajstić information content (AvgIpc) is 2.99. The van der Waals surface area contributed by atoms with Gasteiger partial charge in [-0.1, -0.05) is 6.07 Å². The second-order valence-corrected chi connectivity index (χ2v) is 3.98. The Morgan fingerprint density at radius 2 is 2.28 bits per heavy atom. The lowest BCUT2D eigenvalue weighted by molar-refractivity contribution is 0.0699. The summed E-state index contributed by atoms with van der Waals surface area (Å²) >= 11 is 0. The summed E-state index contributed by atoms with van der Waals surface area (Å²) in [6.07, 6.45) is 4.91. The van der Waals surface area contributed by atoms with Crippen LogP contribution in [0.15, 0.2) is 47.5 Å². The summed E-state index contributed by atoms with van der Waals surface area (Å²) in [6, 6.07) is 7.00. The van der Waals surface area contributed by atoms with Gasteiger partial charge in [0, 0.05) is 5.56 Å². The molecular formula is C13H10N2O3. The van der Waals surface area contributed by atoms with Gasteiger partial charge in [0.25, 0.3) is 0 Å². The van der Waals surface area contributed by atoms with E-state index >= 15 is 0 Å². The number of benzene rings is 1. The minimum atomic E-state index is -0.964. The average molecular weight is 242 g/mol. The van der Waals surface area contributed by atoms with Crippen molar-refractivity contribution in [3.05, 3.63) is 54.2 Å². The standard InChI is InChI=1S/C13H10N2O3/c16-13(17)10-2-1-3-11-12(10)14-8-15(11)6-9-4-5-18-7-9/h1-5,7-8H,6H2,(H,16,17). The molecule has 0 spiro atoms. The van der Waals surface area contributed by atoms with Gasteiger partial charge in [-0.15, -0.1) is 0 Å². The highest BCUT2D eigenvalue weighted by atomic mass is 16.4. The molecule has 1 aromatic carbocycles. The van der Waals surface area contributed by atoms with E-state index in [9.17, 15) is 4.79 Å². The number of aromatic carboxylic acids is 1. The highest BCUT2D eigenvalue weighted by Gasteiger charge is 2.12. The van der Waals surface area contributed by atoms with Gasteiger partial charge in [-0.25, -0.2) is 9.78 Å². The van der Waals surface area contributed by atoms with Gasteiger partial charge in [0.2, 0.25) is 0 Å². The van der Waals surface area contributed by atoms with Crippen LogP contribution in [0.4, 0.5) is 0 Å². The maximum atomic E-state index is 11.1. The molecule has 2 heterocycles. The van der Waals surface area contributed by atoms with Crippen molar-refractivity contribution in [3.63, 3.8) is 0 Å². The van der Waals surface area contributed by atoms with E-state index in [0.29, 0.717) is 12.1 Å². The first-order valence-electron chi connectivity index (χ1n) is 5.44. The van der Waals surface area contributed by atoms with Gasteiger partial charge < -0.3 is 14.1 Å². The number of furan rings is 1. The maximum Gasteiger partial charge on any atom is 0.337 e. The number of carboxylic acid groups (broad SMARTS) is 1. The van der Waals surface area contributed by atoms with Gasteiger partial charge in [0.1, 0.15) is 5.52 Å². The minimum Gasteiger partial charge on any atom is -0.478 e. The number of para-hydroxylation sites is 1. The fourth-order valence-electron chi connectivity index (χ4n) is 1.97. The van der Waals surface area contributed by atoms with Crippen LogP contribution in [0.5, 0.6) is 0 Å². The topological polar surface area (TPSA) is 68.3 Å². The number of nitrogens with zero attached hydrogens (tertiary/aromatic N) is 2. The maximum absolute atomic E-state index is 11.1.